The van der Waals surface area contributed by atoms with Crippen molar-refractivity contribution >= 4 is 23.2 Å². The van der Waals surface area contributed by atoms with E-state index in [1.807, 2.05) is 0 Å². The Morgan fingerprint density at radius 2 is 1.89 bits per heavy atom. The van der Waals surface area contributed by atoms with Crippen molar-refractivity contribution in [2.75, 3.05) is 6.61 Å². The van der Waals surface area contributed by atoms with Crippen LogP contribution in [0, 0.1) is 15.3 Å². The average molecular weight is 384 g/mol. The number of hydrogen-bond donors (Lipinski definition) is 0. The summed E-state index contributed by atoms with van der Waals surface area (Å²) in [6, 6.07) is 13.5. The van der Waals surface area contributed by atoms with Crippen LogP contribution in [0.25, 0.3) is 0 Å². The van der Waals surface area contributed by atoms with Crippen LogP contribution in [0.2, 0.25) is 0 Å². The molecule has 2 aromatic carbocycles. The van der Waals surface area contributed by atoms with E-state index in [1.54, 1.807) is 37.3 Å². The van der Waals surface area contributed by atoms with Gasteiger partial charge in [0.15, 0.2) is 5.78 Å². The molecular weight excluding hydrogens is 368 g/mol. The van der Waals surface area contributed by atoms with Crippen LogP contribution < -0.4 is 0 Å². The second-order valence-electron chi connectivity index (χ2n) is 5.95. The first-order valence-electron chi connectivity index (χ1n) is 8.45. The van der Waals surface area contributed by atoms with Crippen molar-refractivity contribution in [3.8, 4) is 0 Å². The van der Waals surface area contributed by atoms with E-state index >= 15 is 0 Å². The molecule has 28 heavy (non-hydrogen) atoms. The standard InChI is InChI=1S/C19H16N2O7/c1-2-27-19(23)16-15(13-9-6-10-14(11-13)20(24)25)18(28-21(16)26)17(22)12-7-4-3-5-8-12/h3-11,15,18H,2H2,1H3/t15-,18-/m1/s1. The van der Waals surface area contributed by atoms with Gasteiger partial charge in [-0.15, -0.1) is 0 Å². The summed E-state index contributed by atoms with van der Waals surface area (Å²) in [5, 5.41) is 23.4. The third-order valence-corrected chi connectivity index (χ3v) is 4.24. The van der Waals surface area contributed by atoms with Gasteiger partial charge in [-0.1, -0.05) is 42.5 Å². The molecule has 9 heteroatoms. The van der Waals surface area contributed by atoms with E-state index in [0.717, 1.165) is 0 Å². The molecular formula is C19H16N2O7. The van der Waals surface area contributed by atoms with Crippen LogP contribution in [0.5, 0.6) is 0 Å². The lowest BCUT2D eigenvalue weighted by molar-refractivity contribution is -0.736. The van der Waals surface area contributed by atoms with Crippen LogP contribution in [0.3, 0.4) is 0 Å². The Kier molecular flexibility index (Phi) is 5.35. The van der Waals surface area contributed by atoms with Gasteiger partial charge in [0.1, 0.15) is 12.0 Å². The normalized spacial score (nSPS) is 18.5. The van der Waals surface area contributed by atoms with Gasteiger partial charge in [-0.25, -0.2) is 4.79 Å². The van der Waals surface area contributed by atoms with E-state index in [4.69, 9.17) is 9.57 Å². The highest BCUT2D eigenvalue weighted by Gasteiger charge is 2.49. The molecule has 0 amide bonds. The fourth-order valence-electron chi connectivity index (χ4n) is 3.01. The summed E-state index contributed by atoms with van der Waals surface area (Å²) < 4.78 is 4.92. The van der Waals surface area contributed by atoms with Gasteiger partial charge >= 0.3 is 11.7 Å². The Bertz CT molecular complexity index is 956. The number of nitro groups is 1. The summed E-state index contributed by atoms with van der Waals surface area (Å²) in [5.41, 5.74) is -0.168. The first-order valence-corrected chi connectivity index (χ1v) is 8.45. The number of nitrogens with zero attached hydrogens (tertiary/aromatic N) is 2. The molecule has 0 spiro atoms. The molecule has 144 valence electrons. The molecule has 9 nitrogen and oxygen atoms in total. The van der Waals surface area contributed by atoms with Crippen LogP contribution in [0.1, 0.15) is 28.8 Å². The minimum Gasteiger partial charge on any atom is -0.458 e. The Morgan fingerprint density at radius 1 is 1.18 bits per heavy atom. The molecule has 0 aromatic heterocycles. The summed E-state index contributed by atoms with van der Waals surface area (Å²) in [6.07, 6.45) is -1.36. The highest BCUT2D eigenvalue weighted by molar-refractivity contribution is 6.37. The zero-order valence-corrected chi connectivity index (χ0v) is 14.8. The lowest BCUT2D eigenvalue weighted by Crippen LogP contribution is -2.33. The number of ether oxygens (including phenoxy) is 1. The van der Waals surface area contributed by atoms with Crippen LogP contribution >= 0.6 is 0 Å². The maximum absolute atomic E-state index is 12.9. The first kappa shape index (κ1) is 19.0. The number of Topliss-reactive ketones (excluding diaryl/α,β-unsaturated/α-hetero) is 1. The molecule has 0 fully saturated rings. The third-order valence-electron chi connectivity index (χ3n) is 4.24. The molecule has 0 unspecified atom stereocenters. The number of rotatable bonds is 6. The summed E-state index contributed by atoms with van der Waals surface area (Å²) in [4.78, 5) is 40.9. The van der Waals surface area contributed by atoms with Crippen LogP contribution in [0.15, 0.2) is 54.6 Å². The smallest absolute Gasteiger partial charge is 0.405 e. The molecule has 1 aliphatic heterocycles. The minimum absolute atomic E-state index is 0.00906. The average Bonchev–Trinajstić information content (AvgIpc) is 3.05. The zero-order valence-electron chi connectivity index (χ0n) is 14.8. The van der Waals surface area contributed by atoms with Crippen LogP contribution in [-0.4, -0.2) is 40.0 Å². The molecule has 3 rings (SSSR count). The predicted octanol–water partition coefficient (Wildman–Crippen LogP) is 2.39. The molecule has 0 radical (unpaired) electrons. The molecule has 0 saturated heterocycles. The van der Waals surface area contributed by atoms with Gasteiger partial charge in [0.05, 0.1) is 16.4 Å². The largest absolute Gasteiger partial charge is 0.458 e. The highest BCUT2D eigenvalue weighted by atomic mass is 16.9. The lowest BCUT2D eigenvalue weighted by Gasteiger charge is -2.18. The molecule has 0 bridgehead atoms. The van der Waals surface area contributed by atoms with Crippen molar-refractivity contribution in [2.24, 2.45) is 0 Å². The van der Waals surface area contributed by atoms with Crippen LogP contribution in [0.4, 0.5) is 5.69 Å². The number of carbonyl (C=O) groups is 2. The van der Waals surface area contributed by atoms with E-state index in [-0.39, 0.29) is 28.3 Å². The predicted molar refractivity (Wildman–Crippen MR) is 96.8 cm³/mol. The van der Waals surface area contributed by atoms with Crippen molar-refractivity contribution in [1.29, 1.82) is 0 Å². The monoisotopic (exact) mass is 384 g/mol. The second-order valence-corrected chi connectivity index (χ2v) is 5.95. The summed E-state index contributed by atoms with van der Waals surface area (Å²) >= 11 is 0. The number of non-ortho nitro benzene ring substituents is 1. The fraction of sp³-hybridized carbons (Fsp3) is 0.211. The van der Waals surface area contributed by atoms with Gasteiger partial charge in [0, 0.05) is 17.7 Å². The Labute approximate surface area is 159 Å². The molecule has 0 aliphatic carbocycles. The van der Waals surface area contributed by atoms with Gasteiger partial charge < -0.3 is 9.57 Å². The molecule has 2 atom stereocenters. The molecule has 1 heterocycles. The van der Waals surface area contributed by atoms with Crippen molar-refractivity contribution in [3.63, 3.8) is 0 Å². The Morgan fingerprint density at radius 3 is 2.54 bits per heavy atom. The number of hydrogen-bond acceptors (Lipinski definition) is 7. The van der Waals surface area contributed by atoms with E-state index in [1.165, 1.54) is 24.3 Å². The van der Waals surface area contributed by atoms with E-state index < -0.39 is 34.4 Å². The van der Waals surface area contributed by atoms with Gasteiger partial charge in [0.25, 0.3) is 5.69 Å². The van der Waals surface area contributed by atoms with Gasteiger partial charge in [-0.3, -0.25) is 20.1 Å². The van der Waals surface area contributed by atoms with Gasteiger partial charge in [-0.2, -0.15) is 0 Å². The lowest BCUT2D eigenvalue weighted by atomic mass is 9.85. The molecule has 0 N–H and O–H groups in total. The zero-order chi connectivity index (χ0) is 20.3. The second kappa shape index (κ2) is 7.87. The maximum Gasteiger partial charge on any atom is 0.405 e. The van der Waals surface area contributed by atoms with Crippen molar-refractivity contribution < 1.29 is 29.0 Å². The molecule has 1 aliphatic rings. The quantitative estimate of drug-likeness (QED) is 0.246. The summed E-state index contributed by atoms with van der Waals surface area (Å²) in [6.45, 7) is 1.58. The summed E-state index contributed by atoms with van der Waals surface area (Å²) in [5.74, 6) is -2.63. The number of benzene rings is 2. The summed E-state index contributed by atoms with van der Waals surface area (Å²) in [7, 11) is 0. The Hall–Kier alpha value is -3.75. The first-order chi connectivity index (χ1) is 13.4. The Balaban J connectivity index is 2.08. The number of ketones is 1. The molecule has 0 saturated carbocycles. The van der Waals surface area contributed by atoms with E-state index in [2.05, 4.69) is 0 Å². The maximum atomic E-state index is 12.9. The van der Waals surface area contributed by atoms with Crippen LogP contribution in [-0.2, 0) is 14.4 Å². The highest BCUT2D eigenvalue weighted by Crippen LogP contribution is 2.33. The SMILES string of the molecule is CCOC(=O)C1=[N+]([O-])O[C@@H](C(=O)c2ccccc2)[C@@H]1c1cccc([N+](=O)[O-])c1. The third kappa shape index (κ3) is 3.54. The van der Waals surface area contributed by atoms with Crippen molar-refractivity contribution in [3.05, 3.63) is 81.0 Å². The van der Waals surface area contributed by atoms with E-state index in [9.17, 15) is 24.9 Å². The topological polar surface area (TPSA) is 122 Å². The number of esters is 1. The van der Waals surface area contributed by atoms with Crippen molar-refractivity contribution in [2.45, 2.75) is 18.9 Å². The van der Waals surface area contributed by atoms with Gasteiger partial charge in [-0.05, 0) is 12.5 Å². The van der Waals surface area contributed by atoms with E-state index in [0.29, 0.717) is 0 Å². The van der Waals surface area contributed by atoms with Crippen molar-refractivity contribution in [1.82, 2.24) is 0 Å². The fourth-order valence-corrected chi connectivity index (χ4v) is 3.01. The number of carbonyl (C=O) groups excluding carboxylic acids is 2. The van der Waals surface area contributed by atoms with Gasteiger partial charge in [0.2, 0.25) is 0 Å². The minimum atomic E-state index is -1.36. The number of nitro benzene ring substituents is 1. The molecule has 2 aromatic rings.